The predicted molar refractivity (Wildman–Crippen MR) is 141 cm³/mol. The summed E-state index contributed by atoms with van der Waals surface area (Å²) in [5.41, 5.74) is 2.05. The molecule has 0 fully saturated rings. The van der Waals surface area contributed by atoms with Gasteiger partial charge in [-0.3, -0.25) is 13.9 Å². The zero-order valence-electron chi connectivity index (χ0n) is 21.9. The number of nitrogens with zero attached hydrogens (tertiary/aromatic N) is 2. The van der Waals surface area contributed by atoms with Crippen molar-refractivity contribution >= 4 is 27.5 Å². The first kappa shape index (κ1) is 29.0. The van der Waals surface area contributed by atoms with Crippen LogP contribution < -0.4 is 19.1 Å². The molecule has 0 aliphatic carbocycles. The minimum absolute atomic E-state index is 0.153. The van der Waals surface area contributed by atoms with Crippen LogP contribution in [0, 0.1) is 6.92 Å². The lowest BCUT2D eigenvalue weighted by molar-refractivity contribution is -0.139. The van der Waals surface area contributed by atoms with Crippen molar-refractivity contribution in [1.29, 1.82) is 0 Å². The molecular weight excluding hydrogens is 482 g/mol. The summed E-state index contributed by atoms with van der Waals surface area (Å²) in [5.74, 6) is -0.0904. The van der Waals surface area contributed by atoms with E-state index in [4.69, 9.17) is 9.47 Å². The second-order valence-electron chi connectivity index (χ2n) is 8.64. The van der Waals surface area contributed by atoms with Gasteiger partial charge in [-0.1, -0.05) is 43.2 Å². The summed E-state index contributed by atoms with van der Waals surface area (Å²) in [4.78, 5) is 27.9. The summed E-state index contributed by atoms with van der Waals surface area (Å²) in [6.07, 6.45) is 2.77. The number of ether oxygens (including phenoxy) is 2. The second-order valence-corrected chi connectivity index (χ2v) is 10.5. The van der Waals surface area contributed by atoms with Crippen LogP contribution >= 0.6 is 0 Å². The number of methoxy groups -OCH3 is 2. The van der Waals surface area contributed by atoms with Crippen LogP contribution in [0.2, 0.25) is 0 Å². The highest BCUT2D eigenvalue weighted by atomic mass is 32.2. The van der Waals surface area contributed by atoms with Gasteiger partial charge in [-0.2, -0.15) is 0 Å². The number of aryl methyl sites for hydroxylation is 1. The van der Waals surface area contributed by atoms with Crippen molar-refractivity contribution in [2.75, 3.05) is 37.9 Å². The zero-order valence-corrected chi connectivity index (χ0v) is 22.7. The fourth-order valence-electron chi connectivity index (χ4n) is 3.71. The number of anilines is 1. The zero-order chi connectivity index (χ0) is 26.9. The molecule has 0 aliphatic rings. The summed E-state index contributed by atoms with van der Waals surface area (Å²) in [7, 11) is -0.979. The van der Waals surface area contributed by atoms with Gasteiger partial charge < -0.3 is 19.7 Å². The Labute approximate surface area is 214 Å². The van der Waals surface area contributed by atoms with Gasteiger partial charge in [0.05, 0.1) is 26.2 Å². The molecule has 0 saturated heterocycles. The van der Waals surface area contributed by atoms with Crippen molar-refractivity contribution in [3.8, 4) is 11.5 Å². The molecule has 0 bridgehead atoms. The molecule has 198 valence electrons. The van der Waals surface area contributed by atoms with E-state index in [-0.39, 0.29) is 23.9 Å². The second kappa shape index (κ2) is 13.2. The van der Waals surface area contributed by atoms with Crippen LogP contribution in [0.25, 0.3) is 0 Å². The first-order valence-corrected chi connectivity index (χ1v) is 13.7. The van der Waals surface area contributed by atoms with Crippen LogP contribution in [0.15, 0.2) is 42.5 Å². The summed E-state index contributed by atoms with van der Waals surface area (Å²) in [6, 6.07) is 11.5. The monoisotopic (exact) mass is 519 g/mol. The molecule has 2 amide bonds. The van der Waals surface area contributed by atoms with Gasteiger partial charge in [0.1, 0.15) is 24.1 Å². The smallest absolute Gasteiger partial charge is 0.244 e. The average molecular weight is 520 g/mol. The molecular formula is C26H37N3O6S. The molecule has 1 N–H and O–H groups in total. The third-order valence-corrected chi connectivity index (χ3v) is 6.89. The van der Waals surface area contributed by atoms with Gasteiger partial charge in [0, 0.05) is 19.2 Å². The maximum Gasteiger partial charge on any atom is 0.244 e. The number of hydrogen-bond donors (Lipinski definition) is 1. The topological polar surface area (TPSA) is 105 Å². The van der Waals surface area contributed by atoms with Crippen LogP contribution in [-0.4, -0.2) is 64.7 Å². The highest BCUT2D eigenvalue weighted by Gasteiger charge is 2.31. The van der Waals surface area contributed by atoms with Gasteiger partial charge in [-0.25, -0.2) is 8.42 Å². The Morgan fingerprint density at radius 1 is 1.08 bits per heavy atom. The number of benzene rings is 2. The average Bonchev–Trinajstić information content (AvgIpc) is 2.84. The lowest BCUT2D eigenvalue weighted by atomic mass is 10.1. The Bertz CT molecular complexity index is 1150. The fraction of sp³-hybridized carbons (Fsp3) is 0.462. The number of amides is 2. The van der Waals surface area contributed by atoms with Crippen LogP contribution in [0.1, 0.15) is 37.8 Å². The number of rotatable bonds is 13. The highest BCUT2D eigenvalue weighted by molar-refractivity contribution is 7.92. The first-order valence-electron chi connectivity index (χ1n) is 11.8. The summed E-state index contributed by atoms with van der Waals surface area (Å²) < 4.78 is 37.1. The molecule has 2 aromatic carbocycles. The molecule has 0 saturated carbocycles. The van der Waals surface area contributed by atoms with Crippen LogP contribution in [-0.2, 0) is 26.2 Å². The normalized spacial score (nSPS) is 11.9. The SMILES string of the molecule is CCCCNC(=O)C(C)N(Cc1cccc(C)c1)C(=O)CN(c1ccc(OC)cc1OC)S(C)(=O)=O. The van der Waals surface area contributed by atoms with E-state index in [0.29, 0.717) is 12.3 Å². The van der Waals surface area contributed by atoms with E-state index in [0.717, 1.165) is 34.5 Å². The van der Waals surface area contributed by atoms with E-state index in [9.17, 15) is 18.0 Å². The maximum absolute atomic E-state index is 13.6. The summed E-state index contributed by atoms with van der Waals surface area (Å²) in [5, 5.41) is 2.86. The number of nitrogens with one attached hydrogen (secondary N) is 1. The molecule has 9 nitrogen and oxygen atoms in total. The minimum atomic E-state index is -3.88. The molecule has 10 heteroatoms. The third-order valence-electron chi connectivity index (χ3n) is 5.77. The van der Waals surface area contributed by atoms with E-state index in [2.05, 4.69) is 5.32 Å². The molecule has 0 spiro atoms. The Morgan fingerprint density at radius 2 is 1.81 bits per heavy atom. The third kappa shape index (κ3) is 7.87. The fourth-order valence-corrected chi connectivity index (χ4v) is 4.56. The van der Waals surface area contributed by atoms with Gasteiger partial charge in [-0.15, -0.1) is 0 Å². The Balaban J connectivity index is 2.42. The van der Waals surface area contributed by atoms with Crippen molar-refractivity contribution in [2.24, 2.45) is 0 Å². The van der Waals surface area contributed by atoms with Crippen molar-refractivity contribution in [1.82, 2.24) is 10.2 Å². The predicted octanol–water partition coefficient (Wildman–Crippen LogP) is 3.11. The van der Waals surface area contributed by atoms with Crippen LogP contribution in [0.5, 0.6) is 11.5 Å². The van der Waals surface area contributed by atoms with E-state index in [1.807, 2.05) is 38.1 Å². The Hall–Kier alpha value is -3.27. The van der Waals surface area contributed by atoms with Gasteiger partial charge in [0.2, 0.25) is 21.8 Å². The maximum atomic E-state index is 13.6. The number of carbonyl (C=O) groups excluding carboxylic acids is 2. The Morgan fingerprint density at radius 3 is 2.39 bits per heavy atom. The number of sulfonamides is 1. The first-order chi connectivity index (χ1) is 17.0. The summed E-state index contributed by atoms with van der Waals surface area (Å²) >= 11 is 0. The highest BCUT2D eigenvalue weighted by Crippen LogP contribution is 2.33. The van der Waals surface area contributed by atoms with Gasteiger partial charge in [-0.05, 0) is 38.0 Å². The molecule has 0 aliphatic heterocycles. The van der Waals surface area contributed by atoms with E-state index in [1.54, 1.807) is 19.1 Å². The van der Waals surface area contributed by atoms with Crippen LogP contribution in [0.3, 0.4) is 0 Å². The van der Waals surface area contributed by atoms with E-state index in [1.165, 1.54) is 25.2 Å². The molecule has 1 atom stereocenters. The van der Waals surface area contributed by atoms with E-state index >= 15 is 0 Å². The van der Waals surface area contributed by atoms with Crippen molar-refractivity contribution in [2.45, 2.75) is 46.2 Å². The molecule has 0 heterocycles. The van der Waals surface area contributed by atoms with Gasteiger partial charge in [0.25, 0.3) is 0 Å². The summed E-state index contributed by atoms with van der Waals surface area (Å²) in [6.45, 7) is 5.77. The Kier molecular flexibility index (Phi) is 10.6. The molecule has 36 heavy (non-hydrogen) atoms. The quantitative estimate of drug-likeness (QED) is 0.408. The standard InChI is InChI=1S/C26H37N3O6S/c1-7-8-14-27-26(31)20(3)28(17-21-11-9-10-19(2)15-21)25(30)18-29(36(6,32)33)23-13-12-22(34-4)16-24(23)35-5/h9-13,15-16,20H,7-8,14,17-18H2,1-6H3,(H,27,31). The van der Waals surface area contributed by atoms with Gasteiger partial charge >= 0.3 is 0 Å². The van der Waals surface area contributed by atoms with Gasteiger partial charge in [0.15, 0.2) is 0 Å². The molecule has 0 radical (unpaired) electrons. The largest absolute Gasteiger partial charge is 0.497 e. The number of unbranched alkanes of at least 4 members (excludes halogenated alkanes) is 1. The van der Waals surface area contributed by atoms with Crippen molar-refractivity contribution in [3.05, 3.63) is 53.6 Å². The van der Waals surface area contributed by atoms with E-state index < -0.39 is 28.5 Å². The van der Waals surface area contributed by atoms with Crippen molar-refractivity contribution in [3.63, 3.8) is 0 Å². The van der Waals surface area contributed by atoms with Crippen molar-refractivity contribution < 1.29 is 27.5 Å². The molecule has 1 unspecified atom stereocenters. The molecule has 2 rings (SSSR count). The van der Waals surface area contributed by atoms with Crippen LogP contribution in [0.4, 0.5) is 5.69 Å². The number of hydrogen-bond acceptors (Lipinski definition) is 6. The lowest BCUT2D eigenvalue weighted by Crippen LogP contribution is -2.51. The lowest BCUT2D eigenvalue weighted by Gasteiger charge is -2.32. The number of carbonyl (C=O) groups is 2. The molecule has 2 aromatic rings. The minimum Gasteiger partial charge on any atom is -0.497 e. The molecule has 0 aromatic heterocycles.